The van der Waals surface area contributed by atoms with Crippen LogP contribution in [0.1, 0.15) is 28.8 Å². The number of hydrogen-bond acceptors (Lipinski definition) is 4. The zero-order valence-electron chi connectivity index (χ0n) is 16.2. The van der Waals surface area contributed by atoms with E-state index in [1.807, 2.05) is 60.7 Å². The second kappa shape index (κ2) is 6.61. The van der Waals surface area contributed by atoms with Gasteiger partial charge in [0.25, 0.3) is 11.1 Å². The Labute approximate surface area is 175 Å². The minimum atomic E-state index is -0.221. The van der Waals surface area contributed by atoms with Gasteiger partial charge in [-0.3, -0.25) is 9.59 Å². The predicted molar refractivity (Wildman–Crippen MR) is 122 cm³/mol. The van der Waals surface area contributed by atoms with Crippen molar-refractivity contribution in [2.75, 3.05) is 0 Å². The molecule has 3 aromatic heterocycles. The van der Waals surface area contributed by atoms with Crippen LogP contribution in [0.2, 0.25) is 0 Å². The van der Waals surface area contributed by atoms with E-state index < -0.39 is 0 Å². The number of aromatic nitrogens is 2. The van der Waals surface area contributed by atoms with Crippen molar-refractivity contribution >= 4 is 44.0 Å². The predicted octanol–water partition coefficient (Wildman–Crippen LogP) is 3.85. The minimum Gasteiger partial charge on any atom is -0.268 e. The Balaban J connectivity index is 1.89. The summed E-state index contributed by atoms with van der Waals surface area (Å²) in [6.07, 6.45) is 6.09. The van der Waals surface area contributed by atoms with Crippen LogP contribution >= 0.6 is 11.3 Å². The van der Waals surface area contributed by atoms with Gasteiger partial charge in [-0.25, -0.2) is 4.40 Å². The fourth-order valence-corrected chi connectivity index (χ4v) is 5.98. The Morgan fingerprint density at radius 2 is 1.63 bits per heavy atom. The van der Waals surface area contributed by atoms with E-state index in [1.165, 1.54) is 4.88 Å². The lowest BCUT2D eigenvalue weighted by atomic mass is 9.97. The smallest absolute Gasteiger partial charge is 0.268 e. The summed E-state index contributed by atoms with van der Waals surface area (Å²) < 4.78 is 1.68. The van der Waals surface area contributed by atoms with Crippen LogP contribution in [-0.4, -0.2) is 9.38 Å². The van der Waals surface area contributed by atoms with Crippen molar-refractivity contribution in [1.29, 1.82) is 0 Å². The molecule has 4 nitrogen and oxygen atoms in total. The van der Waals surface area contributed by atoms with Crippen LogP contribution in [0.3, 0.4) is 0 Å². The lowest BCUT2D eigenvalue weighted by Gasteiger charge is -2.09. The summed E-state index contributed by atoms with van der Waals surface area (Å²) in [6, 6.07) is 17.5. The first-order valence-corrected chi connectivity index (χ1v) is 11.0. The maximum Gasteiger partial charge on any atom is 0.282 e. The number of benzene rings is 2. The highest BCUT2D eigenvalue weighted by atomic mass is 32.1. The fraction of sp³-hybridized carbons (Fsp3) is 0.160. The third-order valence-corrected chi connectivity index (χ3v) is 7.27. The normalized spacial score (nSPS) is 14.6. The van der Waals surface area contributed by atoms with Gasteiger partial charge in [0.2, 0.25) is 0 Å². The molecule has 0 saturated carbocycles. The van der Waals surface area contributed by atoms with Crippen LogP contribution in [0.15, 0.2) is 64.2 Å². The molecular weight excluding hydrogens is 392 g/mol. The molecule has 0 spiro atoms. The molecule has 0 saturated heterocycles. The van der Waals surface area contributed by atoms with E-state index >= 15 is 0 Å². The second-order valence-corrected chi connectivity index (χ2v) is 8.87. The van der Waals surface area contributed by atoms with Gasteiger partial charge >= 0.3 is 0 Å². The van der Waals surface area contributed by atoms with Gasteiger partial charge in [0.05, 0.1) is 5.39 Å². The molecule has 1 aliphatic rings. The van der Waals surface area contributed by atoms with Crippen LogP contribution < -0.4 is 16.3 Å². The highest BCUT2D eigenvalue weighted by Crippen LogP contribution is 2.34. The highest BCUT2D eigenvalue weighted by Gasteiger charge is 2.22. The van der Waals surface area contributed by atoms with Crippen molar-refractivity contribution in [1.82, 2.24) is 9.38 Å². The van der Waals surface area contributed by atoms with Crippen molar-refractivity contribution in [3.8, 4) is 0 Å². The van der Waals surface area contributed by atoms with E-state index in [2.05, 4.69) is 4.98 Å². The van der Waals surface area contributed by atoms with Gasteiger partial charge in [-0.15, -0.1) is 11.3 Å². The van der Waals surface area contributed by atoms with Gasteiger partial charge in [0.1, 0.15) is 4.83 Å². The molecule has 0 bridgehead atoms. The molecule has 3 heterocycles. The second-order valence-electron chi connectivity index (χ2n) is 7.79. The number of aryl methyl sites for hydroxylation is 2. The zero-order chi connectivity index (χ0) is 20.2. The molecular formula is C25H18N2O2S. The third kappa shape index (κ3) is 2.48. The Bertz CT molecular complexity index is 1630. The first-order valence-electron chi connectivity index (χ1n) is 10.2. The van der Waals surface area contributed by atoms with Crippen LogP contribution in [0.25, 0.3) is 32.7 Å². The summed E-state index contributed by atoms with van der Waals surface area (Å²) in [7, 11) is 0. The number of fused-ring (bicyclic) bond motifs is 6. The van der Waals surface area contributed by atoms with Gasteiger partial charge in [-0.1, -0.05) is 48.5 Å². The topological polar surface area (TPSA) is 51.4 Å². The Hall–Kier alpha value is -3.31. The zero-order valence-corrected chi connectivity index (χ0v) is 17.0. The number of nitrogens with zero attached hydrogens (tertiary/aromatic N) is 2. The minimum absolute atomic E-state index is 0.109. The van der Waals surface area contributed by atoms with Crippen LogP contribution in [-0.2, 0) is 12.8 Å². The van der Waals surface area contributed by atoms with Crippen LogP contribution in [0, 0.1) is 0 Å². The monoisotopic (exact) mass is 410 g/mol. The van der Waals surface area contributed by atoms with E-state index in [0.717, 1.165) is 52.2 Å². The van der Waals surface area contributed by atoms with E-state index in [9.17, 15) is 9.59 Å². The Morgan fingerprint density at radius 1 is 0.900 bits per heavy atom. The fourth-order valence-electron chi connectivity index (χ4n) is 4.60. The molecule has 0 amide bonds. The first kappa shape index (κ1) is 17.5. The lowest BCUT2D eigenvalue weighted by Crippen LogP contribution is -2.27. The van der Waals surface area contributed by atoms with E-state index in [-0.39, 0.29) is 11.1 Å². The van der Waals surface area contributed by atoms with Crippen LogP contribution in [0.4, 0.5) is 0 Å². The van der Waals surface area contributed by atoms with Crippen molar-refractivity contribution in [3.05, 3.63) is 96.5 Å². The largest absolute Gasteiger partial charge is 0.282 e. The standard InChI is InChI=1S/C25H18N2O2S/c28-23-21-18-12-6-7-13-20(18)30-25(21)27-22(26-23)19(14-15-8-2-1-3-9-15)16-10-4-5-11-17(16)24(27)29/h1-5,8-11,14H,6-7,12-13H2. The molecule has 146 valence electrons. The molecule has 6 rings (SSSR count). The lowest BCUT2D eigenvalue weighted by molar-refractivity contribution is 0.700. The number of rotatable bonds is 1. The molecule has 5 heteroatoms. The molecule has 30 heavy (non-hydrogen) atoms. The van der Waals surface area contributed by atoms with Gasteiger partial charge < -0.3 is 0 Å². The van der Waals surface area contributed by atoms with E-state index in [4.69, 9.17) is 0 Å². The molecule has 0 radical (unpaired) electrons. The van der Waals surface area contributed by atoms with E-state index in [1.54, 1.807) is 15.7 Å². The summed E-state index contributed by atoms with van der Waals surface area (Å²) in [6.45, 7) is 0. The van der Waals surface area contributed by atoms with Gasteiger partial charge in [0, 0.05) is 15.5 Å². The van der Waals surface area contributed by atoms with Gasteiger partial charge in [-0.2, -0.15) is 4.98 Å². The summed E-state index contributed by atoms with van der Waals surface area (Å²) in [5, 5.41) is 2.91. The van der Waals surface area contributed by atoms with Crippen molar-refractivity contribution in [2.24, 2.45) is 0 Å². The average Bonchev–Trinajstić information content (AvgIpc) is 3.17. The molecule has 0 fully saturated rings. The molecule has 0 atom stereocenters. The maximum absolute atomic E-state index is 13.5. The molecule has 0 unspecified atom stereocenters. The average molecular weight is 410 g/mol. The molecule has 0 N–H and O–H groups in total. The van der Waals surface area contributed by atoms with Crippen molar-refractivity contribution < 1.29 is 0 Å². The van der Waals surface area contributed by atoms with E-state index in [0.29, 0.717) is 16.4 Å². The number of thiophene rings is 1. The summed E-state index contributed by atoms with van der Waals surface area (Å²) >= 11 is 1.59. The summed E-state index contributed by atoms with van der Waals surface area (Å²) in [5.41, 5.74) is 2.22. The molecule has 1 aliphatic carbocycles. The molecule has 5 aromatic rings. The number of pyridine rings is 1. The Kier molecular flexibility index (Phi) is 3.86. The van der Waals surface area contributed by atoms with Crippen LogP contribution in [0.5, 0.6) is 0 Å². The quantitative estimate of drug-likeness (QED) is 0.395. The number of hydrogen-bond donors (Lipinski definition) is 0. The SMILES string of the molecule is O=c1nc2c(=Cc3ccccc3)c3ccccc3c(=O)n2c2sc3c(c12)CCCC3. The van der Waals surface area contributed by atoms with Crippen molar-refractivity contribution in [3.63, 3.8) is 0 Å². The third-order valence-electron chi connectivity index (χ3n) is 5.99. The Morgan fingerprint density at radius 3 is 2.47 bits per heavy atom. The molecule has 2 aromatic carbocycles. The van der Waals surface area contributed by atoms with Gasteiger partial charge in [-0.05, 0) is 54.3 Å². The first-order chi connectivity index (χ1) is 14.7. The van der Waals surface area contributed by atoms with Gasteiger partial charge in [0.15, 0.2) is 5.65 Å². The summed E-state index contributed by atoms with van der Waals surface area (Å²) in [4.78, 5) is 33.1. The van der Waals surface area contributed by atoms with Crippen molar-refractivity contribution in [2.45, 2.75) is 25.7 Å². The maximum atomic E-state index is 13.5. The highest BCUT2D eigenvalue weighted by molar-refractivity contribution is 7.18. The molecule has 0 aliphatic heterocycles. The summed E-state index contributed by atoms with van der Waals surface area (Å²) in [5.74, 6) is 0.